The van der Waals surface area contributed by atoms with E-state index in [4.69, 9.17) is 9.47 Å². The number of nitro benzene ring substituents is 1. The van der Waals surface area contributed by atoms with Gasteiger partial charge >= 0.3 is 0 Å². The number of aromatic hydroxyl groups is 1. The maximum atomic E-state index is 13.0. The summed E-state index contributed by atoms with van der Waals surface area (Å²) >= 11 is 3.04. The normalized spacial score (nSPS) is 11.2. The molecule has 37 heavy (non-hydrogen) atoms. The van der Waals surface area contributed by atoms with Crippen LogP contribution in [0.2, 0.25) is 0 Å². The maximum Gasteiger partial charge on any atom is 0.287 e. The molecule has 0 aromatic heterocycles. The zero-order valence-corrected chi connectivity index (χ0v) is 21.2. The second kappa shape index (κ2) is 12.3. The largest absolute Gasteiger partial charge is 0.506 e. The molecule has 3 N–H and O–H groups in total. The summed E-state index contributed by atoms with van der Waals surface area (Å²) in [7, 11) is 2.95. The van der Waals surface area contributed by atoms with Crippen LogP contribution < -0.4 is 20.2 Å². The molecule has 0 saturated heterocycles. The van der Waals surface area contributed by atoms with E-state index in [0.717, 1.165) is 18.3 Å². The van der Waals surface area contributed by atoms with Gasteiger partial charge in [0.1, 0.15) is 22.9 Å². The minimum Gasteiger partial charge on any atom is -0.506 e. The molecule has 11 nitrogen and oxygen atoms in total. The number of ether oxygens (including phenoxy) is 2. The van der Waals surface area contributed by atoms with Crippen LogP contribution in [0.15, 0.2) is 75.9 Å². The fourth-order valence-corrected chi connectivity index (χ4v) is 3.53. The molecule has 0 saturated carbocycles. The first kappa shape index (κ1) is 26.9. The number of carbonyl (C=O) groups is 2. The SMILES string of the molecule is COc1ccc(C=C(NC(=O)c2ccccc2)C(=O)N/N=C/c2cc([N+](=O)[O-])cc(Br)c2O)c(OC)c1. The van der Waals surface area contributed by atoms with Gasteiger partial charge in [-0.1, -0.05) is 18.2 Å². The maximum absolute atomic E-state index is 13.0. The van der Waals surface area contributed by atoms with Gasteiger partial charge in [-0.05, 0) is 46.3 Å². The Morgan fingerprint density at radius 2 is 1.78 bits per heavy atom. The van der Waals surface area contributed by atoms with Gasteiger partial charge in [0.05, 0.1) is 29.8 Å². The van der Waals surface area contributed by atoms with Crippen molar-refractivity contribution in [3.05, 3.63) is 97.6 Å². The molecule has 0 atom stereocenters. The summed E-state index contributed by atoms with van der Waals surface area (Å²) in [5.74, 6) is -0.741. The van der Waals surface area contributed by atoms with E-state index in [1.165, 1.54) is 20.3 Å². The van der Waals surface area contributed by atoms with Crippen LogP contribution in [0.4, 0.5) is 5.69 Å². The summed E-state index contributed by atoms with van der Waals surface area (Å²) in [6.45, 7) is 0. The number of non-ortho nitro benzene ring substituents is 1. The zero-order chi connectivity index (χ0) is 26.9. The zero-order valence-electron chi connectivity index (χ0n) is 19.6. The Morgan fingerprint density at radius 1 is 1.05 bits per heavy atom. The number of benzene rings is 3. The van der Waals surface area contributed by atoms with Crippen LogP contribution in [0.3, 0.4) is 0 Å². The molecule has 0 fully saturated rings. The predicted octanol–water partition coefficient (Wildman–Crippen LogP) is 4.00. The number of hydrogen-bond donors (Lipinski definition) is 3. The van der Waals surface area contributed by atoms with Crippen LogP contribution >= 0.6 is 15.9 Å². The molecule has 0 heterocycles. The molecule has 0 aliphatic carbocycles. The average molecular weight is 569 g/mol. The van der Waals surface area contributed by atoms with Crippen LogP contribution in [-0.2, 0) is 4.79 Å². The number of nitrogens with one attached hydrogen (secondary N) is 2. The highest BCUT2D eigenvalue weighted by Gasteiger charge is 2.17. The van der Waals surface area contributed by atoms with Crippen molar-refractivity contribution in [2.45, 2.75) is 0 Å². The Kier molecular flexibility index (Phi) is 8.95. The standard InChI is InChI=1S/C25H21BrN4O7/c1-36-19-9-8-16(22(13-19)37-2)11-21(28-24(32)15-6-4-3-5-7-15)25(33)29-27-14-17-10-18(30(34)35)12-20(26)23(17)31/h3-14,31H,1-2H3,(H,28,32)(H,29,33)/b21-11?,27-14+. The Bertz CT molecular complexity index is 1390. The number of phenolic OH excluding ortho intramolecular Hbond substituents is 1. The third-order valence-corrected chi connectivity index (χ3v) is 5.53. The Balaban J connectivity index is 1.92. The number of carbonyl (C=O) groups excluding carboxylic acids is 2. The van der Waals surface area contributed by atoms with Crippen molar-refractivity contribution in [3.8, 4) is 17.2 Å². The van der Waals surface area contributed by atoms with Gasteiger partial charge in [0.25, 0.3) is 17.5 Å². The summed E-state index contributed by atoms with van der Waals surface area (Å²) in [5.41, 5.74) is 2.55. The molecule has 3 aromatic carbocycles. The van der Waals surface area contributed by atoms with Gasteiger partial charge in [0.15, 0.2) is 0 Å². The predicted molar refractivity (Wildman–Crippen MR) is 140 cm³/mol. The third kappa shape index (κ3) is 6.92. The summed E-state index contributed by atoms with van der Waals surface area (Å²) in [4.78, 5) is 36.2. The van der Waals surface area contributed by atoms with Gasteiger partial charge in [-0.15, -0.1) is 0 Å². The number of methoxy groups -OCH3 is 2. The van der Waals surface area contributed by atoms with Crippen LogP contribution in [-0.4, -0.2) is 42.3 Å². The number of nitro groups is 1. The fraction of sp³-hybridized carbons (Fsp3) is 0.0800. The monoisotopic (exact) mass is 568 g/mol. The highest BCUT2D eigenvalue weighted by molar-refractivity contribution is 9.10. The first-order chi connectivity index (χ1) is 17.7. The lowest BCUT2D eigenvalue weighted by Crippen LogP contribution is -2.32. The number of phenols is 1. The van der Waals surface area contributed by atoms with Crippen LogP contribution in [0.1, 0.15) is 21.5 Å². The van der Waals surface area contributed by atoms with Crippen molar-refractivity contribution < 1.29 is 29.1 Å². The van der Waals surface area contributed by atoms with Crippen LogP contribution in [0.25, 0.3) is 6.08 Å². The number of hydrogen-bond acceptors (Lipinski definition) is 8. The lowest BCUT2D eigenvalue weighted by molar-refractivity contribution is -0.385. The topological polar surface area (TPSA) is 152 Å². The van der Waals surface area contributed by atoms with E-state index in [0.29, 0.717) is 22.6 Å². The number of rotatable bonds is 9. The van der Waals surface area contributed by atoms with Crippen LogP contribution in [0, 0.1) is 10.1 Å². The molecule has 0 aliphatic rings. The molecule has 3 rings (SSSR count). The lowest BCUT2D eigenvalue weighted by atomic mass is 10.1. The van der Waals surface area contributed by atoms with Gasteiger partial charge in [0.2, 0.25) is 0 Å². The molecule has 190 valence electrons. The van der Waals surface area contributed by atoms with E-state index >= 15 is 0 Å². The van der Waals surface area contributed by atoms with Crippen molar-refractivity contribution in [2.24, 2.45) is 5.10 Å². The molecule has 0 radical (unpaired) electrons. The highest BCUT2D eigenvalue weighted by Crippen LogP contribution is 2.31. The Hall–Kier alpha value is -4.71. The first-order valence-corrected chi connectivity index (χ1v) is 11.3. The quantitative estimate of drug-likeness (QED) is 0.152. The minimum atomic E-state index is -0.803. The van der Waals surface area contributed by atoms with Crippen molar-refractivity contribution >= 4 is 45.7 Å². The van der Waals surface area contributed by atoms with Crippen molar-refractivity contribution in [3.63, 3.8) is 0 Å². The lowest BCUT2D eigenvalue weighted by Gasteiger charge is -2.11. The van der Waals surface area contributed by atoms with Crippen LogP contribution in [0.5, 0.6) is 17.2 Å². The van der Waals surface area contributed by atoms with Gasteiger partial charge < -0.3 is 19.9 Å². The number of amides is 2. The smallest absolute Gasteiger partial charge is 0.287 e. The molecule has 0 spiro atoms. The molecule has 0 bridgehead atoms. The number of halogens is 1. The van der Waals surface area contributed by atoms with Crippen molar-refractivity contribution in [1.29, 1.82) is 0 Å². The number of nitrogens with zero attached hydrogens (tertiary/aromatic N) is 2. The van der Waals surface area contributed by atoms with Gasteiger partial charge in [-0.25, -0.2) is 5.43 Å². The van der Waals surface area contributed by atoms with E-state index in [2.05, 4.69) is 31.8 Å². The second-order valence-corrected chi connectivity index (χ2v) is 8.16. The summed E-state index contributed by atoms with van der Waals surface area (Å²) in [6, 6.07) is 15.4. The van der Waals surface area contributed by atoms with E-state index in [-0.39, 0.29) is 27.2 Å². The molecule has 2 amide bonds. The van der Waals surface area contributed by atoms with Gasteiger partial charge in [-0.3, -0.25) is 19.7 Å². The van der Waals surface area contributed by atoms with E-state index in [1.807, 2.05) is 0 Å². The van der Waals surface area contributed by atoms with Crippen molar-refractivity contribution in [1.82, 2.24) is 10.7 Å². The molecule has 0 unspecified atom stereocenters. The summed E-state index contributed by atoms with van der Waals surface area (Å²) < 4.78 is 10.6. The van der Waals surface area contributed by atoms with Crippen molar-refractivity contribution in [2.75, 3.05) is 14.2 Å². The van der Waals surface area contributed by atoms with Gasteiger partial charge in [-0.2, -0.15) is 5.10 Å². The fourth-order valence-electron chi connectivity index (χ4n) is 3.07. The minimum absolute atomic E-state index is 0.0166. The summed E-state index contributed by atoms with van der Waals surface area (Å²) in [6.07, 6.45) is 2.43. The molecule has 3 aromatic rings. The first-order valence-electron chi connectivity index (χ1n) is 10.5. The Labute approximate surface area is 219 Å². The highest BCUT2D eigenvalue weighted by atomic mass is 79.9. The van der Waals surface area contributed by atoms with E-state index in [9.17, 15) is 24.8 Å². The van der Waals surface area contributed by atoms with Gasteiger partial charge in [0, 0.05) is 34.9 Å². The Morgan fingerprint density at radius 3 is 2.43 bits per heavy atom. The molecule has 12 heteroatoms. The number of hydrazone groups is 1. The van der Waals surface area contributed by atoms with E-state index in [1.54, 1.807) is 48.5 Å². The average Bonchev–Trinajstić information content (AvgIpc) is 2.90. The third-order valence-electron chi connectivity index (χ3n) is 4.93. The molecular formula is C25H21BrN4O7. The summed E-state index contributed by atoms with van der Waals surface area (Å²) in [5, 5.41) is 27.6. The van der Waals surface area contributed by atoms with E-state index < -0.39 is 16.7 Å². The molecular weight excluding hydrogens is 548 g/mol. The molecule has 0 aliphatic heterocycles. The second-order valence-electron chi connectivity index (χ2n) is 7.31.